The molecule has 2 aromatic rings. The van der Waals surface area contributed by atoms with Gasteiger partial charge in [-0.1, -0.05) is 23.3 Å². The number of hydrogen-bond donors (Lipinski definition) is 1. The van der Waals surface area contributed by atoms with E-state index in [0.29, 0.717) is 37.0 Å². The Morgan fingerprint density at radius 1 is 1.39 bits per heavy atom. The molecule has 1 N–H and O–H groups in total. The van der Waals surface area contributed by atoms with Crippen molar-refractivity contribution in [2.75, 3.05) is 50.2 Å². The number of hydrogen-bond acceptors (Lipinski definition) is 7. The third-order valence-corrected chi connectivity index (χ3v) is 6.02. The van der Waals surface area contributed by atoms with Gasteiger partial charge in [0.1, 0.15) is 12.4 Å². The zero-order valence-corrected chi connectivity index (χ0v) is 16.4. The molecule has 2 aliphatic heterocycles. The summed E-state index contributed by atoms with van der Waals surface area (Å²) in [6.45, 7) is 3.16. The van der Waals surface area contributed by atoms with Gasteiger partial charge in [0.05, 0.1) is 25.2 Å². The molecule has 1 atom stereocenters. The van der Waals surface area contributed by atoms with Gasteiger partial charge in [-0.2, -0.15) is 0 Å². The maximum atomic E-state index is 12.3. The van der Waals surface area contributed by atoms with E-state index >= 15 is 0 Å². The average Bonchev–Trinajstić information content (AvgIpc) is 3.16. The Kier molecular flexibility index (Phi) is 5.37. The molecule has 1 unspecified atom stereocenters. The number of nitrogens with zero attached hydrogens (tertiary/aromatic N) is 2. The number of aromatic nitrogens is 1. The van der Waals surface area contributed by atoms with Crippen LogP contribution in [-0.2, 0) is 9.53 Å². The van der Waals surface area contributed by atoms with E-state index in [1.54, 1.807) is 18.4 Å². The second-order valence-electron chi connectivity index (χ2n) is 6.52. The summed E-state index contributed by atoms with van der Waals surface area (Å²) in [6.07, 6.45) is 5.64. The quantitative estimate of drug-likeness (QED) is 0.779. The first-order valence-electron chi connectivity index (χ1n) is 9.07. The Labute approximate surface area is 167 Å². The van der Waals surface area contributed by atoms with Crippen molar-refractivity contribution in [3.63, 3.8) is 0 Å². The molecule has 4 rings (SSSR count). The van der Waals surface area contributed by atoms with Crippen molar-refractivity contribution in [1.29, 1.82) is 0 Å². The van der Waals surface area contributed by atoms with Gasteiger partial charge in [0, 0.05) is 25.4 Å². The van der Waals surface area contributed by atoms with Crippen LogP contribution in [0.4, 0.5) is 10.9 Å². The van der Waals surface area contributed by atoms with Crippen molar-refractivity contribution in [2.24, 2.45) is 0 Å². The van der Waals surface area contributed by atoms with E-state index < -0.39 is 0 Å². The molecule has 1 aromatic heterocycles. The fourth-order valence-electron chi connectivity index (χ4n) is 3.41. The molecule has 0 bridgehead atoms. The zero-order chi connectivity index (χ0) is 19.5. The number of nitrogens with one attached hydrogen (secondary N) is 1. The fourth-order valence-corrected chi connectivity index (χ4v) is 4.61. The second-order valence-corrected chi connectivity index (χ2v) is 7.53. The monoisotopic (exact) mass is 399 g/mol. The summed E-state index contributed by atoms with van der Waals surface area (Å²) < 4.78 is 16.4. The lowest BCUT2D eigenvalue weighted by Gasteiger charge is -2.26. The van der Waals surface area contributed by atoms with E-state index in [9.17, 15) is 4.79 Å². The van der Waals surface area contributed by atoms with Gasteiger partial charge < -0.3 is 24.4 Å². The molecular weight excluding hydrogens is 378 g/mol. The molecule has 1 saturated heterocycles. The maximum Gasteiger partial charge on any atom is 0.226 e. The zero-order valence-electron chi connectivity index (χ0n) is 15.6. The van der Waals surface area contributed by atoms with Crippen LogP contribution in [0.5, 0.6) is 11.5 Å². The lowest BCUT2D eigenvalue weighted by Crippen LogP contribution is -2.36. The molecule has 7 nitrogen and oxygen atoms in total. The number of carbonyl (C=O) groups is 1. The third kappa shape index (κ3) is 3.63. The second kappa shape index (κ2) is 8.09. The number of benzene rings is 1. The normalized spacial score (nSPS) is 18.8. The van der Waals surface area contributed by atoms with Gasteiger partial charge >= 0.3 is 0 Å². The van der Waals surface area contributed by atoms with Crippen LogP contribution >= 0.6 is 11.3 Å². The summed E-state index contributed by atoms with van der Waals surface area (Å²) in [7, 11) is 1.59. The molecule has 0 aliphatic carbocycles. The van der Waals surface area contributed by atoms with Gasteiger partial charge in [0.2, 0.25) is 5.91 Å². The third-order valence-electron chi connectivity index (χ3n) is 4.79. The smallest absolute Gasteiger partial charge is 0.226 e. The van der Waals surface area contributed by atoms with E-state index in [4.69, 9.17) is 20.6 Å². The van der Waals surface area contributed by atoms with E-state index in [1.165, 1.54) is 0 Å². The number of amides is 1. The lowest BCUT2D eigenvalue weighted by atomic mass is 9.91. The van der Waals surface area contributed by atoms with Crippen LogP contribution in [0.3, 0.4) is 0 Å². The van der Waals surface area contributed by atoms with Crippen LogP contribution < -0.4 is 19.7 Å². The van der Waals surface area contributed by atoms with Gasteiger partial charge in [-0.05, 0) is 17.7 Å². The number of methoxy groups -OCH3 is 1. The molecule has 146 valence electrons. The molecule has 1 aromatic carbocycles. The average molecular weight is 399 g/mol. The van der Waals surface area contributed by atoms with Crippen LogP contribution in [-0.4, -0.2) is 50.9 Å². The number of rotatable bonds is 5. The molecule has 2 aliphatic rings. The molecular formula is C20H21N3O4S. The maximum absolute atomic E-state index is 12.3. The van der Waals surface area contributed by atoms with Crippen LogP contribution in [0.15, 0.2) is 18.2 Å². The Morgan fingerprint density at radius 3 is 2.96 bits per heavy atom. The highest BCUT2D eigenvalue weighted by atomic mass is 32.1. The topological polar surface area (TPSA) is 72.9 Å². The summed E-state index contributed by atoms with van der Waals surface area (Å²) in [4.78, 5) is 20.2. The van der Waals surface area contributed by atoms with Crippen LogP contribution in [0.2, 0.25) is 0 Å². The number of carbonyl (C=O) groups excluding carboxylic acids is 1. The largest absolute Gasteiger partial charge is 0.493 e. The minimum atomic E-state index is -0.0772. The molecule has 1 fully saturated rings. The molecule has 28 heavy (non-hydrogen) atoms. The molecule has 1 amide bonds. The van der Waals surface area contributed by atoms with Gasteiger partial charge in [-0.15, -0.1) is 6.42 Å². The molecule has 3 heterocycles. The van der Waals surface area contributed by atoms with Crippen molar-refractivity contribution in [1.82, 2.24) is 4.98 Å². The van der Waals surface area contributed by atoms with E-state index in [0.717, 1.165) is 28.7 Å². The SMILES string of the molecule is C#CCOc1ccc(C2CC(=O)Nc3nc(N4CCOCC4)sc32)cc1OC. The standard InChI is InChI=1S/C20H21N3O4S/c1-3-8-27-15-5-4-13(11-16(15)25-2)14-12-17(24)21-19-18(14)28-20(22-19)23-6-9-26-10-7-23/h1,4-5,11,14H,6-10,12H2,2H3,(H,21,24). The number of anilines is 2. The highest BCUT2D eigenvalue weighted by molar-refractivity contribution is 7.16. The first kappa shape index (κ1) is 18.6. The first-order valence-corrected chi connectivity index (χ1v) is 9.88. The Balaban J connectivity index is 1.66. The highest BCUT2D eigenvalue weighted by Gasteiger charge is 2.32. The first-order chi connectivity index (χ1) is 13.7. The predicted molar refractivity (Wildman–Crippen MR) is 108 cm³/mol. The number of fused-ring (bicyclic) bond motifs is 1. The molecule has 0 radical (unpaired) electrons. The van der Waals surface area contributed by atoms with Crippen LogP contribution in [0.25, 0.3) is 0 Å². The molecule has 8 heteroatoms. The highest BCUT2D eigenvalue weighted by Crippen LogP contribution is 2.44. The van der Waals surface area contributed by atoms with Crippen LogP contribution in [0, 0.1) is 12.3 Å². The van der Waals surface area contributed by atoms with Crippen molar-refractivity contribution < 1.29 is 19.0 Å². The van der Waals surface area contributed by atoms with Gasteiger partial charge in [-0.3, -0.25) is 4.79 Å². The summed E-state index contributed by atoms with van der Waals surface area (Å²) in [5.74, 6) is 4.17. The molecule has 0 spiro atoms. The van der Waals surface area contributed by atoms with E-state index in [2.05, 4.69) is 21.1 Å². The summed E-state index contributed by atoms with van der Waals surface area (Å²) in [6, 6.07) is 5.70. The minimum Gasteiger partial charge on any atom is -0.493 e. The molecule has 0 saturated carbocycles. The van der Waals surface area contributed by atoms with Crippen molar-refractivity contribution in [3.8, 4) is 23.8 Å². The number of morpholine rings is 1. The van der Waals surface area contributed by atoms with Crippen molar-refractivity contribution >= 4 is 28.2 Å². The number of terminal acetylenes is 1. The minimum absolute atomic E-state index is 0.0389. The lowest BCUT2D eigenvalue weighted by molar-refractivity contribution is -0.116. The van der Waals surface area contributed by atoms with Gasteiger partial charge in [0.15, 0.2) is 16.6 Å². The summed E-state index contributed by atoms with van der Waals surface area (Å²) in [5, 5.41) is 3.83. The van der Waals surface area contributed by atoms with E-state index in [1.807, 2.05) is 18.2 Å². The Bertz CT molecular complexity index is 915. The summed E-state index contributed by atoms with van der Waals surface area (Å²) in [5.41, 5.74) is 0.984. The van der Waals surface area contributed by atoms with Crippen LogP contribution in [0.1, 0.15) is 22.8 Å². The fraction of sp³-hybridized carbons (Fsp3) is 0.400. The number of thiazole rings is 1. The van der Waals surface area contributed by atoms with Crippen molar-refractivity contribution in [2.45, 2.75) is 12.3 Å². The Morgan fingerprint density at radius 2 is 2.21 bits per heavy atom. The summed E-state index contributed by atoms with van der Waals surface area (Å²) >= 11 is 1.62. The Hall–Kier alpha value is -2.76. The van der Waals surface area contributed by atoms with Gasteiger partial charge in [0.25, 0.3) is 0 Å². The predicted octanol–water partition coefficient (Wildman–Crippen LogP) is 2.47. The van der Waals surface area contributed by atoms with E-state index in [-0.39, 0.29) is 18.4 Å². The van der Waals surface area contributed by atoms with Crippen molar-refractivity contribution in [3.05, 3.63) is 28.6 Å². The number of ether oxygens (including phenoxy) is 3. The van der Waals surface area contributed by atoms with Gasteiger partial charge in [-0.25, -0.2) is 4.98 Å².